The van der Waals surface area contributed by atoms with E-state index in [1.165, 1.54) is 0 Å². The molecule has 1 fully saturated rings. The molecule has 0 aliphatic carbocycles. The molecule has 1 saturated heterocycles. The Morgan fingerprint density at radius 1 is 1.30 bits per heavy atom. The summed E-state index contributed by atoms with van der Waals surface area (Å²) in [6.45, 7) is 5.52. The third kappa shape index (κ3) is 3.66. The molecular formula is C23H27N7O3. The van der Waals surface area contributed by atoms with Crippen LogP contribution in [0.3, 0.4) is 0 Å². The molecule has 3 aromatic rings. The fourth-order valence-electron chi connectivity index (χ4n) is 4.38. The van der Waals surface area contributed by atoms with Gasteiger partial charge >= 0.3 is 0 Å². The van der Waals surface area contributed by atoms with Crippen LogP contribution in [-0.4, -0.2) is 65.4 Å². The minimum absolute atomic E-state index is 0.0104. The molecule has 2 aliphatic rings. The Morgan fingerprint density at radius 3 is 2.88 bits per heavy atom. The quantitative estimate of drug-likeness (QED) is 0.635. The predicted molar refractivity (Wildman–Crippen MR) is 125 cm³/mol. The number of imidazole rings is 1. The average Bonchev–Trinajstić information content (AvgIpc) is 3.27. The number of likely N-dealkylation sites (N-methyl/N-ethyl adjacent to an activating group) is 1. The first-order valence-electron chi connectivity index (χ1n) is 11.0. The Hall–Kier alpha value is -3.66. The number of carbonyl (C=O) groups is 1. The number of hydrogen-bond donors (Lipinski definition) is 1. The lowest BCUT2D eigenvalue weighted by Crippen LogP contribution is -2.58. The molecule has 0 radical (unpaired) electrons. The van der Waals surface area contributed by atoms with Crippen LogP contribution in [-0.2, 0) is 16.0 Å². The smallest absolute Gasteiger partial charge is 0.252 e. The van der Waals surface area contributed by atoms with Crippen LogP contribution in [0.4, 0.5) is 23.1 Å². The summed E-state index contributed by atoms with van der Waals surface area (Å²) in [5, 5.41) is 3.32. The van der Waals surface area contributed by atoms with E-state index in [0.717, 1.165) is 34.3 Å². The van der Waals surface area contributed by atoms with E-state index in [1.54, 1.807) is 25.4 Å². The summed E-state index contributed by atoms with van der Waals surface area (Å²) in [6.07, 6.45) is 4.38. The van der Waals surface area contributed by atoms with Crippen molar-refractivity contribution < 1.29 is 14.3 Å². The molecule has 1 amide bonds. The summed E-state index contributed by atoms with van der Waals surface area (Å²) >= 11 is 0. The van der Waals surface area contributed by atoms with E-state index < -0.39 is 0 Å². The largest absolute Gasteiger partial charge is 0.494 e. The van der Waals surface area contributed by atoms with Gasteiger partial charge in [0.1, 0.15) is 17.5 Å². The summed E-state index contributed by atoms with van der Waals surface area (Å²) in [5.41, 5.74) is 4.21. The number of aryl methyl sites for hydroxylation is 2. The highest BCUT2D eigenvalue weighted by atomic mass is 16.5. The molecule has 0 spiro atoms. The standard InChI is InChI=1S/C23H27N7O3/c1-5-16-20-21(30-8-9-33-12-18(30)22(31)28(20)3)27-23(26-16)25-15-6-7-17(19(10-15)32-4)29-11-14(2)24-13-29/h6-7,10-11,13,18H,5,8-9,12H2,1-4H3,(H,25,26,27). The van der Waals surface area contributed by atoms with E-state index >= 15 is 0 Å². The lowest BCUT2D eigenvalue weighted by Gasteiger charge is -2.43. The first-order chi connectivity index (χ1) is 16.0. The second-order valence-corrected chi connectivity index (χ2v) is 8.13. The van der Waals surface area contributed by atoms with Crippen LogP contribution in [0.1, 0.15) is 18.3 Å². The first kappa shape index (κ1) is 21.2. The minimum Gasteiger partial charge on any atom is -0.494 e. The number of amides is 1. The zero-order valence-corrected chi connectivity index (χ0v) is 19.2. The Kier molecular flexibility index (Phi) is 5.37. The van der Waals surface area contributed by atoms with E-state index in [9.17, 15) is 4.79 Å². The van der Waals surface area contributed by atoms with Crippen molar-refractivity contribution >= 4 is 29.0 Å². The normalized spacial score (nSPS) is 17.6. The Labute approximate surface area is 192 Å². The number of aromatic nitrogens is 4. The summed E-state index contributed by atoms with van der Waals surface area (Å²) < 4.78 is 13.1. The number of rotatable bonds is 5. The van der Waals surface area contributed by atoms with E-state index in [2.05, 4.69) is 10.3 Å². The molecule has 2 aromatic heterocycles. The molecule has 1 N–H and O–H groups in total. The van der Waals surface area contributed by atoms with Gasteiger partial charge in [-0.2, -0.15) is 4.98 Å². The number of hydrogen-bond acceptors (Lipinski definition) is 8. The summed E-state index contributed by atoms with van der Waals surface area (Å²) in [4.78, 5) is 30.5. The second-order valence-electron chi connectivity index (χ2n) is 8.13. The van der Waals surface area contributed by atoms with Crippen molar-refractivity contribution in [2.24, 2.45) is 0 Å². The van der Waals surface area contributed by atoms with E-state index in [-0.39, 0.29) is 11.9 Å². The van der Waals surface area contributed by atoms with E-state index in [4.69, 9.17) is 19.4 Å². The van der Waals surface area contributed by atoms with Crippen LogP contribution < -0.4 is 19.9 Å². The highest BCUT2D eigenvalue weighted by Crippen LogP contribution is 2.38. The number of ether oxygens (including phenoxy) is 2. The Morgan fingerprint density at radius 2 is 2.15 bits per heavy atom. The molecule has 10 heteroatoms. The van der Waals surface area contributed by atoms with Gasteiger partial charge in [-0.25, -0.2) is 9.97 Å². The van der Waals surface area contributed by atoms with Gasteiger partial charge in [-0.3, -0.25) is 4.79 Å². The Balaban J connectivity index is 1.51. The molecule has 1 unspecified atom stereocenters. The van der Waals surface area contributed by atoms with Gasteiger partial charge in [0.2, 0.25) is 5.95 Å². The SMILES string of the molecule is CCc1nc(Nc2ccc(-n3cnc(C)c3)c(OC)c2)nc2c1N(C)C(=O)C1COCCN21. The van der Waals surface area contributed by atoms with Gasteiger partial charge in [0.05, 0.1) is 43.7 Å². The first-order valence-corrected chi connectivity index (χ1v) is 11.0. The van der Waals surface area contributed by atoms with Crippen molar-refractivity contribution in [2.75, 3.05) is 49.0 Å². The third-order valence-electron chi connectivity index (χ3n) is 6.05. The number of nitrogens with zero attached hydrogens (tertiary/aromatic N) is 6. The monoisotopic (exact) mass is 449 g/mol. The van der Waals surface area contributed by atoms with Gasteiger partial charge in [0, 0.05) is 31.5 Å². The minimum atomic E-state index is -0.360. The van der Waals surface area contributed by atoms with E-state index in [0.29, 0.717) is 37.9 Å². The lowest BCUT2D eigenvalue weighted by atomic mass is 10.1. The van der Waals surface area contributed by atoms with Gasteiger partial charge in [0.15, 0.2) is 5.82 Å². The number of fused-ring (bicyclic) bond motifs is 3. The number of methoxy groups -OCH3 is 1. The maximum absolute atomic E-state index is 12.9. The van der Waals surface area contributed by atoms with Crippen LogP contribution in [0.15, 0.2) is 30.7 Å². The lowest BCUT2D eigenvalue weighted by molar-refractivity contribution is -0.122. The molecule has 33 heavy (non-hydrogen) atoms. The molecule has 172 valence electrons. The van der Waals surface area contributed by atoms with Gasteiger partial charge in [-0.05, 0) is 25.5 Å². The summed E-state index contributed by atoms with van der Waals surface area (Å²) in [6, 6.07) is 5.47. The van der Waals surface area contributed by atoms with Gasteiger partial charge < -0.3 is 29.2 Å². The number of anilines is 4. The van der Waals surface area contributed by atoms with Crippen molar-refractivity contribution in [2.45, 2.75) is 26.3 Å². The molecular weight excluding hydrogens is 422 g/mol. The molecule has 4 heterocycles. The molecule has 1 atom stereocenters. The van der Waals surface area contributed by atoms with Crippen LogP contribution in [0.25, 0.3) is 5.69 Å². The van der Waals surface area contributed by atoms with Crippen molar-refractivity contribution in [1.29, 1.82) is 0 Å². The maximum Gasteiger partial charge on any atom is 0.252 e. The molecule has 5 rings (SSSR count). The topological polar surface area (TPSA) is 97.6 Å². The van der Waals surface area contributed by atoms with Crippen LogP contribution >= 0.6 is 0 Å². The average molecular weight is 450 g/mol. The molecule has 0 bridgehead atoms. The maximum atomic E-state index is 12.9. The fraction of sp³-hybridized carbons (Fsp3) is 0.391. The van der Waals surface area contributed by atoms with Crippen molar-refractivity contribution in [3.63, 3.8) is 0 Å². The third-order valence-corrected chi connectivity index (χ3v) is 6.05. The van der Waals surface area contributed by atoms with Crippen LogP contribution in [0.5, 0.6) is 5.75 Å². The molecule has 0 saturated carbocycles. The van der Waals surface area contributed by atoms with Crippen LogP contribution in [0, 0.1) is 6.92 Å². The predicted octanol–water partition coefficient (Wildman–Crippen LogP) is 2.47. The van der Waals surface area contributed by atoms with Crippen molar-refractivity contribution in [3.05, 3.63) is 42.1 Å². The highest BCUT2D eigenvalue weighted by molar-refractivity contribution is 6.05. The summed E-state index contributed by atoms with van der Waals surface area (Å²) in [5.74, 6) is 1.95. The summed E-state index contributed by atoms with van der Waals surface area (Å²) in [7, 11) is 3.42. The van der Waals surface area contributed by atoms with E-state index in [1.807, 2.05) is 47.7 Å². The molecule has 10 nitrogen and oxygen atoms in total. The Bertz CT molecular complexity index is 1210. The number of nitrogens with one attached hydrogen (secondary N) is 1. The zero-order valence-electron chi connectivity index (χ0n) is 19.2. The van der Waals surface area contributed by atoms with Crippen LogP contribution in [0.2, 0.25) is 0 Å². The molecule has 1 aromatic carbocycles. The van der Waals surface area contributed by atoms with Gasteiger partial charge in [-0.15, -0.1) is 0 Å². The highest BCUT2D eigenvalue weighted by Gasteiger charge is 2.41. The molecule has 2 aliphatic heterocycles. The van der Waals surface area contributed by atoms with Gasteiger partial charge in [0.25, 0.3) is 5.91 Å². The fourth-order valence-corrected chi connectivity index (χ4v) is 4.38. The number of morpholine rings is 1. The van der Waals surface area contributed by atoms with Crippen molar-refractivity contribution in [1.82, 2.24) is 19.5 Å². The van der Waals surface area contributed by atoms with Crippen molar-refractivity contribution in [3.8, 4) is 11.4 Å². The zero-order chi connectivity index (χ0) is 23.1. The van der Waals surface area contributed by atoms with Gasteiger partial charge in [-0.1, -0.05) is 6.92 Å². The second kappa shape index (κ2) is 8.36. The number of carbonyl (C=O) groups excluding carboxylic acids is 1. The number of benzene rings is 1.